The maximum Gasteiger partial charge on any atom is 0.118 e. The standard InChI is InChI=1S/C16H22ClN3O/c1-5-13-15(17)14(20(3)19-13)10-16(2,18)11-6-8-12(21-4)9-7-11/h6-9H,5,10,18H2,1-4H3. The van der Waals surface area contributed by atoms with Gasteiger partial charge in [0.25, 0.3) is 0 Å². The Hall–Kier alpha value is -1.52. The van der Waals surface area contributed by atoms with Crippen molar-refractivity contribution in [2.45, 2.75) is 32.2 Å². The van der Waals surface area contributed by atoms with E-state index in [1.54, 1.807) is 7.11 Å². The Morgan fingerprint density at radius 1 is 1.33 bits per heavy atom. The van der Waals surface area contributed by atoms with Gasteiger partial charge in [0.2, 0.25) is 0 Å². The number of hydrogen-bond acceptors (Lipinski definition) is 3. The first-order chi connectivity index (χ1) is 9.89. The normalized spacial score (nSPS) is 14.0. The van der Waals surface area contributed by atoms with Crippen molar-refractivity contribution in [3.05, 3.63) is 46.2 Å². The van der Waals surface area contributed by atoms with E-state index in [0.717, 1.165) is 34.1 Å². The Bertz CT molecular complexity index is 617. The SMILES string of the molecule is CCc1nn(C)c(CC(C)(N)c2ccc(OC)cc2)c1Cl. The molecule has 0 fully saturated rings. The topological polar surface area (TPSA) is 53.1 Å². The lowest BCUT2D eigenvalue weighted by atomic mass is 9.88. The molecule has 1 heterocycles. The predicted molar refractivity (Wildman–Crippen MR) is 85.8 cm³/mol. The summed E-state index contributed by atoms with van der Waals surface area (Å²) in [5.41, 5.74) is 8.91. The van der Waals surface area contributed by atoms with Gasteiger partial charge in [-0.1, -0.05) is 30.7 Å². The van der Waals surface area contributed by atoms with Crippen LogP contribution in [0.3, 0.4) is 0 Å². The molecular formula is C16H22ClN3O. The second kappa shape index (κ2) is 6.08. The lowest BCUT2D eigenvalue weighted by Crippen LogP contribution is -2.36. The maximum absolute atomic E-state index is 6.51. The predicted octanol–water partition coefficient (Wildman–Crippen LogP) is 3.06. The monoisotopic (exact) mass is 307 g/mol. The van der Waals surface area contributed by atoms with Gasteiger partial charge in [0.1, 0.15) is 5.75 Å². The van der Waals surface area contributed by atoms with Gasteiger partial charge in [-0.05, 0) is 31.0 Å². The van der Waals surface area contributed by atoms with Crippen LogP contribution in [0.5, 0.6) is 5.75 Å². The van der Waals surface area contributed by atoms with Gasteiger partial charge < -0.3 is 10.5 Å². The minimum Gasteiger partial charge on any atom is -0.497 e. The number of hydrogen-bond donors (Lipinski definition) is 1. The minimum absolute atomic E-state index is 0.519. The molecule has 1 aromatic heterocycles. The van der Waals surface area contributed by atoms with Gasteiger partial charge in [-0.15, -0.1) is 0 Å². The van der Waals surface area contributed by atoms with Gasteiger partial charge >= 0.3 is 0 Å². The molecule has 114 valence electrons. The van der Waals surface area contributed by atoms with Crippen LogP contribution in [0.4, 0.5) is 0 Å². The van der Waals surface area contributed by atoms with Crippen molar-refractivity contribution in [3.63, 3.8) is 0 Å². The van der Waals surface area contributed by atoms with Crippen molar-refractivity contribution in [2.75, 3.05) is 7.11 Å². The van der Waals surface area contributed by atoms with Crippen LogP contribution in [0.25, 0.3) is 0 Å². The number of ether oxygens (including phenoxy) is 1. The second-order valence-electron chi connectivity index (χ2n) is 5.51. The van der Waals surface area contributed by atoms with E-state index >= 15 is 0 Å². The Labute approximate surface area is 130 Å². The van der Waals surface area contributed by atoms with Crippen LogP contribution in [-0.2, 0) is 25.4 Å². The van der Waals surface area contributed by atoms with Gasteiger partial charge in [0.15, 0.2) is 0 Å². The number of nitrogens with zero attached hydrogens (tertiary/aromatic N) is 2. The molecule has 2 rings (SSSR count). The fourth-order valence-electron chi connectivity index (χ4n) is 2.43. The zero-order valence-corrected chi connectivity index (χ0v) is 13.7. The summed E-state index contributed by atoms with van der Waals surface area (Å²) in [4.78, 5) is 0. The highest BCUT2D eigenvalue weighted by Gasteiger charge is 2.26. The van der Waals surface area contributed by atoms with E-state index in [2.05, 4.69) is 5.10 Å². The molecule has 0 spiro atoms. The van der Waals surface area contributed by atoms with E-state index in [4.69, 9.17) is 22.1 Å². The van der Waals surface area contributed by atoms with Crippen molar-refractivity contribution in [3.8, 4) is 5.75 Å². The van der Waals surface area contributed by atoms with E-state index in [1.165, 1.54) is 0 Å². The summed E-state index contributed by atoms with van der Waals surface area (Å²) in [6.45, 7) is 4.05. The van der Waals surface area contributed by atoms with E-state index in [9.17, 15) is 0 Å². The lowest BCUT2D eigenvalue weighted by molar-refractivity contribution is 0.413. The molecule has 4 nitrogen and oxygen atoms in total. The minimum atomic E-state index is -0.519. The highest BCUT2D eigenvalue weighted by atomic mass is 35.5. The molecule has 0 aliphatic heterocycles. The molecule has 0 bridgehead atoms. The van der Waals surface area contributed by atoms with E-state index in [0.29, 0.717) is 6.42 Å². The largest absolute Gasteiger partial charge is 0.497 e. The lowest BCUT2D eigenvalue weighted by Gasteiger charge is -2.25. The van der Waals surface area contributed by atoms with Gasteiger partial charge in [0.05, 0.1) is 23.5 Å². The third-order valence-electron chi connectivity index (χ3n) is 3.79. The average Bonchev–Trinajstić information content (AvgIpc) is 2.74. The van der Waals surface area contributed by atoms with Crippen LogP contribution in [-0.4, -0.2) is 16.9 Å². The summed E-state index contributed by atoms with van der Waals surface area (Å²) >= 11 is 6.41. The molecule has 0 amide bonds. The van der Waals surface area contributed by atoms with Crippen molar-refractivity contribution in [1.82, 2.24) is 9.78 Å². The van der Waals surface area contributed by atoms with Gasteiger partial charge in [-0.2, -0.15) is 5.10 Å². The molecule has 5 heteroatoms. The summed E-state index contributed by atoms with van der Waals surface area (Å²) in [6.07, 6.45) is 1.44. The van der Waals surface area contributed by atoms with Crippen molar-refractivity contribution < 1.29 is 4.74 Å². The van der Waals surface area contributed by atoms with Gasteiger partial charge in [-0.25, -0.2) is 0 Å². The first-order valence-electron chi connectivity index (χ1n) is 7.02. The third kappa shape index (κ3) is 3.22. The van der Waals surface area contributed by atoms with E-state index in [-0.39, 0.29) is 0 Å². The number of methoxy groups -OCH3 is 1. The Morgan fingerprint density at radius 3 is 2.43 bits per heavy atom. The van der Waals surface area contributed by atoms with E-state index in [1.807, 2.05) is 49.8 Å². The number of aromatic nitrogens is 2. The molecule has 0 saturated carbocycles. The quantitative estimate of drug-likeness (QED) is 0.923. The number of halogens is 1. The molecule has 0 saturated heterocycles. The third-order valence-corrected chi connectivity index (χ3v) is 4.22. The highest BCUT2D eigenvalue weighted by molar-refractivity contribution is 6.31. The number of nitrogens with two attached hydrogens (primary N) is 1. The van der Waals surface area contributed by atoms with Crippen molar-refractivity contribution >= 4 is 11.6 Å². The Balaban J connectivity index is 2.29. The van der Waals surface area contributed by atoms with E-state index < -0.39 is 5.54 Å². The fourth-order valence-corrected chi connectivity index (χ4v) is 2.79. The zero-order chi connectivity index (χ0) is 15.6. The van der Waals surface area contributed by atoms with Crippen LogP contribution < -0.4 is 10.5 Å². The molecular weight excluding hydrogens is 286 g/mol. The molecule has 1 aromatic carbocycles. The fraction of sp³-hybridized carbons (Fsp3) is 0.438. The van der Waals surface area contributed by atoms with Crippen LogP contribution in [0, 0.1) is 0 Å². The Morgan fingerprint density at radius 2 is 1.95 bits per heavy atom. The summed E-state index contributed by atoms with van der Waals surface area (Å²) in [6, 6.07) is 7.82. The molecule has 2 N–H and O–H groups in total. The molecule has 0 radical (unpaired) electrons. The van der Waals surface area contributed by atoms with Crippen LogP contribution in [0.15, 0.2) is 24.3 Å². The number of benzene rings is 1. The summed E-state index contributed by atoms with van der Waals surface area (Å²) in [5.74, 6) is 0.821. The highest BCUT2D eigenvalue weighted by Crippen LogP contribution is 2.29. The first kappa shape index (κ1) is 15.9. The van der Waals surface area contributed by atoms with Gasteiger partial charge in [0, 0.05) is 19.0 Å². The molecule has 1 unspecified atom stereocenters. The molecule has 0 aliphatic carbocycles. The first-order valence-corrected chi connectivity index (χ1v) is 7.40. The maximum atomic E-state index is 6.51. The van der Waals surface area contributed by atoms with Gasteiger partial charge in [-0.3, -0.25) is 4.68 Å². The Kier molecular flexibility index (Phi) is 4.59. The zero-order valence-electron chi connectivity index (χ0n) is 13.0. The molecule has 0 aliphatic rings. The van der Waals surface area contributed by atoms with Crippen LogP contribution in [0.1, 0.15) is 30.8 Å². The smallest absolute Gasteiger partial charge is 0.118 e. The van der Waals surface area contributed by atoms with Crippen molar-refractivity contribution in [1.29, 1.82) is 0 Å². The molecule has 1 atom stereocenters. The second-order valence-corrected chi connectivity index (χ2v) is 5.89. The number of rotatable bonds is 5. The van der Waals surface area contributed by atoms with Crippen molar-refractivity contribution in [2.24, 2.45) is 12.8 Å². The summed E-state index contributed by atoms with van der Waals surface area (Å²) < 4.78 is 7.01. The molecule has 2 aromatic rings. The van der Waals surface area contributed by atoms with Crippen LogP contribution >= 0.6 is 11.6 Å². The average molecular weight is 308 g/mol. The summed E-state index contributed by atoms with van der Waals surface area (Å²) in [5, 5.41) is 5.17. The molecule has 21 heavy (non-hydrogen) atoms. The van der Waals surface area contributed by atoms with Crippen LogP contribution in [0.2, 0.25) is 5.02 Å². The number of aryl methyl sites for hydroxylation is 2. The summed E-state index contributed by atoms with van der Waals surface area (Å²) in [7, 11) is 3.56.